The van der Waals surface area contributed by atoms with Crippen molar-refractivity contribution in [1.82, 2.24) is 19.5 Å². The second-order valence-electron chi connectivity index (χ2n) is 20.1. The molecule has 0 saturated heterocycles. The van der Waals surface area contributed by atoms with Crippen LogP contribution in [0.15, 0.2) is 218 Å². The molecule has 0 saturated carbocycles. The van der Waals surface area contributed by atoms with Crippen molar-refractivity contribution in [3.8, 4) is 84.4 Å². The quantitative estimate of drug-likeness (QED) is 0.153. The maximum Gasteiger partial charge on any atom is 0.164 e. The summed E-state index contributed by atoms with van der Waals surface area (Å²) >= 11 is 0. The molecule has 0 N–H and O–H groups in total. The van der Waals surface area contributed by atoms with Gasteiger partial charge in [-0.3, -0.25) is 0 Å². The van der Waals surface area contributed by atoms with Gasteiger partial charge in [-0.25, -0.2) is 15.0 Å². The van der Waals surface area contributed by atoms with Crippen LogP contribution >= 0.6 is 0 Å². The molecule has 9 aromatic carbocycles. The first-order chi connectivity index (χ1) is 33.5. The summed E-state index contributed by atoms with van der Waals surface area (Å²) in [6.45, 7) is 13.8. The van der Waals surface area contributed by atoms with E-state index in [1.54, 1.807) is 0 Å². The molecule has 11 rings (SSSR count). The van der Waals surface area contributed by atoms with Crippen LogP contribution in [0, 0.1) is 0 Å². The van der Waals surface area contributed by atoms with Crippen LogP contribution in [0.1, 0.15) is 52.7 Å². The molecule has 4 nitrogen and oxygen atoms in total. The molecule has 0 bridgehead atoms. The van der Waals surface area contributed by atoms with Crippen LogP contribution in [0.25, 0.3) is 106 Å². The average Bonchev–Trinajstić information content (AvgIpc) is 3.71. The van der Waals surface area contributed by atoms with Gasteiger partial charge in [-0.2, -0.15) is 0 Å². The van der Waals surface area contributed by atoms with E-state index in [9.17, 15) is 0 Å². The highest BCUT2D eigenvalue weighted by Crippen LogP contribution is 2.45. The predicted octanol–water partition coefficient (Wildman–Crippen LogP) is 17.2. The Bertz CT molecular complexity index is 3390. The van der Waals surface area contributed by atoms with Crippen molar-refractivity contribution < 1.29 is 0 Å². The Hall–Kier alpha value is -8.21. The van der Waals surface area contributed by atoms with Gasteiger partial charge in [0.15, 0.2) is 17.5 Å². The molecule has 0 radical (unpaired) electrons. The van der Waals surface area contributed by atoms with E-state index in [4.69, 9.17) is 15.0 Å². The standard InChI is InChI=1S/C65H54N4/c1-64(2,3)52-35-37-58-56(41-52)57-42-53(65(4,5)6)36-38-59(57)69(58)60-54(47-23-15-9-16-24-47)39-51(40-55(60)48-25-17-10-18-26-48)63-67-61(49-31-27-45(28-32-49)43-19-11-7-12-20-43)66-62(68-63)50-33-29-46(30-34-50)44-21-13-8-14-22-44/h7-42H,1-6H3. The summed E-state index contributed by atoms with van der Waals surface area (Å²) in [7, 11) is 0. The van der Waals surface area contributed by atoms with Gasteiger partial charge in [-0.05, 0) is 91.7 Å². The molecule has 4 heteroatoms. The first kappa shape index (κ1) is 43.4. The van der Waals surface area contributed by atoms with Crippen LogP contribution in [0.4, 0.5) is 0 Å². The lowest BCUT2D eigenvalue weighted by Crippen LogP contribution is -2.10. The van der Waals surface area contributed by atoms with E-state index in [2.05, 4.69) is 252 Å². The molecule has 0 amide bonds. The zero-order valence-electron chi connectivity index (χ0n) is 40.1. The number of hydrogen-bond acceptors (Lipinski definition) is 3. The molecule has 2 aromatic heterocycles. The molecule has 0 spiro atoms. The predicted molar refractivity (Wildman–Crippen MR) is 290 cm³/mol. The second-order valence-corrected chi connectivity index (χ2v) is 20.1. The fraction of sp³-hybridized carbons (Fsp3) is 0.123. The summed E-state index contributed by atoms with van der Waals surface area (Å²) in [6, 6.07) is 78.3. The fourth-order valence-corrected chi connectivity index (χ4v) is 9.53. The van der Waals surface area contributed by atoms with Crippen LogP contribution < -0.4 is 0 Å². The van der Waals surface area contributed by atoms with E-state index in [-0.39, 0.29) is 10.8 Å². The summed E-state index contributed by atoms with van der Waals surface area (Å²) < 4.78 is 2.50. The molecule has 0 aliphatic rings. The van der Waals surface area contributed by atoms with E-state index < -0.39 is 0 Å². The SMILES string of the molecule is CC(C)(C)c1ccc2c(c1)c1cc(C(C)(C)C)ccc1n2-c1c(-c2ccccc2)cc(-c2nc(-c3ccc(-c4ccccc4)cc3)nc(-c3ccc(-c4ccccc4)cc3)n2)cc1-c1ccccc1. The molecule has 0 atom stereocenters. The Kier molecular flexibility index (Phi) is 11.0. The molecular formula is C65H54N4. The summed E-state index contributed by atoms with van der Waals surface area (Å²) in [5.41, 5.74) is 17.7. The van der Waals surface area contributed by atoms with E-state index in [1.807, 2.05) is 12.1 Å². The van der Waals surface area contributed by atoms with Crippen LogP contribution in [0.5, 0.6) is 0 Å². The smallest absolute Gasteiger partial charge is 0.164 e. The maximum absolute atomic E-state index is 5.37. The largest absolute Gasteiger partial charge is 0.308 e. The molecular weight excluding hydrogens is 837 g/mol. The number of hydrogen-bond donors (Lipinski definition) is 0. The van der Waals surface area contributed by atoms with Crippen molar-refractivity contribution in [1.29, 1.82) is 0 Å². The summed E-state index contributed by atoms with van der Waals surface area (Å²) in [4.78, 5) is 15.9. The van der Waals surface area contributed by atoms with Gasteiger partial charge in [0.05, 0.1) is 16.7 Å². The Morgan fingerprint density at radius 2 is 0.594 bits per heavy atom. The van der Waals surface area contributed by atoms with Crippen molar-refractivity contribution in [3.05, 3.63) is 230 Å². The molecule has 11 aromatic rings. The van der Waals surface area contributed by atoms with Gasteiger partial charge in [0.2, 0.25) is 0 Å². The maximum atomic E-state index is 5.37. The fourth-order valence-electron chi connectivity index (χ4n) is 9.53. The average molecular weight is 891 g/mol. The molecule has 2 heterocycles. The minimum atomic E-state index is -0.0214. The number of fused-ring (bicyclic) bond motifs is 3. The highest BCUT2D eigenvalue weighted by atomic mass is 15.0. The van der Waals surface area contributed by atoms with Crippen molar-refractivity contribution in [3.63, 3.8) is 0 Å². The van der Waals surface area contributed by atoms with Crippen molar-refractivity contribution >= 4 is 21.8 Å². The van der Waals surface area contributed by atoms with Gasteiger partial charge in [0.25, 0.3) is 0 Å². The lowest BCUT2D eigenvalue weighted by molar-refractivity contribution is 0.590. The van der Waals surface area contributed by atoms with Gasteiger partial charge in [0.1, 0.15) is 0 Å². The Labute approximate surface area is 405 Å². The van der Waals surface area contributed by atoms with E-state index in [0.717, 1.165) is 77.9 Å². The van der Waals surface area contributed by atoms with E-state index in [0.29, 0.717) is 17.5 Å². The van der Waals surface area contributed by atoms with Crippen LogP contribution in [0.3, 0.4) is 0 Å². The Morgan fingerprint density at radius 1 is 0.290 bits per heavy atom. The van der Waals surface area contributed by atoms with Gasteiger partial charge in [-0.1, -0.05) is 224 Å². The summed E-state index contributed by atoms with van der Waals surface area (Å²) in [6.07, 6.45) is 0. The number of nitrogens with zero attached hydrogens (tertiary/aromatic N) is 4. The minimum absolute atomic E-state index is 0.0214. The highest BCUT2D eigenvalue weighted by molar-refractivity contribution is 6.11. The second kappa shape index (κ2) is 17.5. The third kappa shape index (κ3) is 8.44. The third-order valence-electron chi connectivity index (χ3n) is 13.4. The highest BCUT2D eigenvalue weighted by Gasteiger charge is 2.26. The minimum Gasteiger partial charge on any atom is -0.308 e. The zero-order chi connectivity index (χ0) is 47.3. The molecule has 0 unspecified atom stereocenters. The van der Waals surface area contributed by atoms with Crippen LogP contribution in [0.2, 0.25) is 0 Å². The lowest BCUT2D eigenvalue weighted by Gasteiger charge is -2.22. The zero-order valence-corrected chi connectivity index (χ0v) is 40.1. The lowest BCUT2D eigenvalue weighted by atomic mass is 9.85. The number of benzene rings is 9. The summed E-state index contributed by atoms with van der Waals surface area (Å²) in [5.74, 6) is 1.82. The number of aromatic nitrogens is 4. The Balaban J connectivity index is 1.18. The van der Waals surface area contributed by atoms with Crippen molar-refractivity contribution in [2.24, 2.45) is 0 Å². The van der Waals surface area contributed by atoms with Crippen molar-refractivity contribution in [2.45, 2.75) is 52.4 Å². The van der Waals surface area contributed by atoms with Gasteiger partial charge < -0.3 is 4.57 Å². The number of rotatable bonds is 8. The van der Waals surface area contributed by atoms with Crippen molar-refractivity contribution in [2.75, 3.05) is 0 Å². The van der Waals surface area contributed by atoms with Crippen LogP contribution in [-0.4, -0.2) is 19.5 Å². The first-order valence-corrected chi connectivity index (χ1v) is 23.9. The van der Waals surface area contributed by atoms with E-state index >= 15 is 0 Å². The molecule has 334 valence electrons. The first-order valence-electron chi connectivity index (χ1n) is 23.9. The monoisotopic (exact) mass is 890 g/mol. The van der Waals surface area contributed by atoms with Gasteiger partial charge in [0, 0.05) is 38.6 Å². The third-order valence-corrected chi connectivity index (χ3v) is 13.4. The molecule has 0 aliphatic carbocycles. The van der Waals surface area contributed by atoms with Crippen LogP contribution in [-0.2, 0) is 10.8 Å². The van der Waals surface area contributed by atoms with Gasteiger partial charge >= 0.3 is 0 Å². The normalized spacial score (nSPS) is 11.9. The topological polar surface area (TPSA) is 43.6 Å². The van der Waals surface area contributed by atoms with Gasteiger partial charge in [-0.15, -0.1) is 0 Å². The summed E-state index contributed by atoms with van der Waals surface area (Å²) in [5, 5.41) is 2.49. The van der Waals surface area contributed by atoms with E-state index in [1.165, 1.54) is 21.9 Å². The molecule has 69 heavy (non-hydrogen) atoms. The molecule has 0 aliphatic heterocycles. The molecule has 0 fully saturated rings. The Morgan fingerprint density at radius 3 is 0.942 bits per heavy atom.